The van der Waals surface area contributed by atoms with E-state index in [1.165, 1.54) is 11.3 Å². The second-order valence-corrected chi connectivity index (χ2v) is 7.03. The molecule has 0 saturated heterocycles. The normalized spacial score (nSPS) is 10.9. The molecule has 0 bridgehead atoms. The van der Waals surface area contributed by atoms with Crippen molar-refractivity contribution in [3.05, 3.63) is 77.8 Å². The number of thiazole rings is 1. The standard InChI is InChI=1S/C20H18N4O2S/c1-23(12-15-11-21-24(13-15)17-6-3-2-4-7-17)19(25)10-16-14-27-20(22-16)18-8-5-9-26-18/h2-9,11,13-14H,10,12H2,1H3. The van der Waals surface area contributed by atoms with Crippen molar-refractivity contribution in [3.8, 4) is 16.5 Å². The fraction of sp³-hybridized carbons (Fsp3) is 0.150. The summed E-state index contributed by atoms with van der Waals surface area (Å²) in [5.41, 5.74) is 2.72. The first kappa shape index (κ1) is 17.2. The Bertz CT molecular complexity index is 1020. The molecule has 0 atom stereocenters. The lowest BCUT2D eigenvalue weighted by atomic mass is 10.2. The minimum Gasteiger partial charge on any atom is -0.462 e. The van der Waals surface area contributed by atoms with Gasteiger partial charge in [-0.15, -0.1) is 11.3 Å². The number of rotatable bonds is 6. The van der Waals surface area contributed by atoms with Crippen molar-refractivity contribution in [1.29, 1.82) is 0 Å². The largest absolute Gasteiger partial charge is 0.462 e. The lowest BCUT2D eigenvalue weighted by Gasteiger charge is -2.15. The lowest BCUT2D eigenvalue weighted by molar-refractivity contribution is -0.129. The van der Waals surface area contributed by atoms with E-state index in [1.54, 1.807) is 24.4 Å². The highest BCUT2D eigenvalue weighted by Gasteiger charge is 2.15. The summed E-state index contributed by atoms with van der Waals surface area (Å²) in [4.78, 5) is 18.7. The van der Waals surface area contributed by atoms with Crippen LogP contribution in [0.15, 0.2) is 70.9 Å². The van der Waals surface area contributed by atoms with Gasteiger partial charge in [0, 0.05) is 30.7 Å². The van der Waals surface area contributed by atoms with E-state index in [9.17, 15) is 4.79 Å². The van der Waals surface area contributed by atoms with E-state index in [2.05, 4.69) is 10.1 Å². The first-order valence-electron chi connectivity index (χ1n) is 8.50. The summed E-state index contributed by atoms with van der Waals surface area (Å²) in [5.74, 6) is 0.735. The van der Waals surface area contributed by atoms with E-state index in [4.69, 9.17) is 4.42 Å². The summed E-state index contributed by atoms with van der Waals surface area (Å²) in [5, 5.41) is 7.06. The minimum absolute atomic E-state index is 0.0127. The van der Waals surface area contributed by atoms with Crippen LogP contribution < -0.4 is 0 Å². The zero-order valence-corrected chi connectivity index (χ0v) is 15.6. The van der Waals surface area contributed by atoms with E-state index in [-0.39, 0.29) is 12.3 Å². The maximum atomic E-state index is 12.5. The highest BCUT2D eigenvalue weighted by molar-refractivity contribution is 7.13. The van der Waals surface area contributed by atoms with Crippen LogP contribution in [0.3, 0.4) is 0 Å². The zero-order valence-electron chi connectivity index (χ0n) is 14.8. The first-order valence-corrected chi connectivity index (χ1v) is 9.38. The number of para-hydroxylation sites is 1. The fourth-order valence-electron chi connectivity index (χ4n) is 2.72. The maximum absolute atomic E-state index is 12.5. The Balaban J connectivity index is 1.38. The average Bonchev–Trinajstić information content (AvgIpc) is 3.44. The van der Waals surface area contributed by atoms with Crippen LogP contribution in [0.25, 0.3) is 16.5 Å². The van der Waals surface area contributed by atoms with Gasteiger partial charge in [-0.2, -0.15) is 5.10 Å². The van der Waals surface area contributed by atoms with E-state index >= 15 is 0 Å². The second-order valence-electron chi connectivity index (χ2n) is 6.18. The van der Waals surface area contributed by atoms with Crippen LogP contribution in [0.1, 0.15) is 11.3 Å². The number of amides is 1. The highest BCUT2D eigenvalue weighted by atomic mass is 32.1. The molecule has 3 heterocycles. The number of carbonyl (C=O) groups excluding carboxylic acids is 1. The molecule has 0 radical (unpaired) electrons. The monoisotopic (exact) mass is 378 g/mol. The molecule has 7 heteroatoms. The number of carbonyl (C=O) groups is 1. The van der Waals surface area contributed by atoms with Gasteiger partial charge < -0.3 is 9.32 Å². The van der Waals surface area contributed by atoms with Crippen molar-refractivity contribution in [2.24, 2.45) is 0 Å². The summed E-state index contributed by atoms with van der Waals surface area (Å²) in [6.45, 7) is 0.501. The molecule has 27 heavy (non-hydrogen) atoms. The van der Waals surface area contributed by atoms with E-state index in [0.29, 0.717) is 6.54 Å². The van der Waals surface area contributed by atoms with Gasteiger partial charge in [0.2, 0.25) is 5.91 Å². The summed E-state index contributed by atoms with van der Waals surface area (Å²) in [6, 6.07) is 13.6. The van der Waals surface area contributed by atoms with Gasteiger partial charge in [-0.3, -0.25) is 4.79 Å². The lowest BCUT2D eigenvalue weighted by Crippen LogP contribution is -2.27. The molecule has 0 N–H and O–H groups in total. The topological polar surface area (TPSA) is 64.2 Å². The predicted molar refractivity (Wildman–Crippen MR) is 104 cm³/mol. The Morgan fingerprint density at radius 3 is 2.85 bits per heavy atom. The average molecular weight is 378 g/mol. The van der Waals surface area contributed by atoms with E-state index < -0.39 is 0 Å². The summed E-state index contributed by atoms with van der Waals surface area (Å²) >= 11 is 1.48. The predicted octanol–water partition coefficient (Wildman–Crippen LogP) is 3.79. The van der Waals surface area contributed by atoms with Gasteiger partial charge in [0.05, 0.1) is 30.3 Å². The smallest absolute Gasteiger partial charge is 0.228 e. The molecule has 1 amide bonds. The molecule has 6 nitrogen and oxygen atoms in total. The molecule has 3 aromatic heterocycles. The van der Waals surface area contributed by atoms with Crippen LogP contribution in [0.4, 0.5) is 0 Å². The molecule has 4 aromatic rings. The third-order valence-electron chi connectivity index (χ3n) is 4.12. The van der Waals surface area contributed by atoms with E-state index in [1.807, 2.05) is 58.7 Å². The Labute approximate surface area is 160 Å². The van der Waals surface area contributed by atoms with Gasteiger partial charge in [0.15, 0.2) is 10.8 Å². The fourth-order valence-corrected chi connectivity index (χ4v) is 3.50. The molecule has 136 valence electrons. The summed E-state index contributed by atoms with van der Waals surface area (Å²) < 4.78 is 7.16. The number of hydrogen-bond donors (Lipinski definition) is 0. The molecule has 0 aliphatic heterocycles. The molecule has 0 aliphatic rings. The minimum atomic E-state index is 0.0127. The second kappa shape index (κ2) is 7.59. The number of nitrogens with zero attached hydrogens (tertiary/aromatic N) is 4. The van der Waals surface area contributed by atoms with Crippen LogP contribution in [0, 0.1) is 0 Å². The van der Waals surface area contributed by atoms with Crippen molar-refractivity contribution in [2.45, 2.75) is 13.0 Å². The maximum Gasteiger partial charge on any atom is 0.228 e. The highest BCUT2D eigenvalue weighted by Crippen LogP contribution is 2.24. The van der Waals surface area contributed by atoms with Crippen molar-refractivity contribution in [2.75, 3.05) is 7.05 Å². The number of hydrogen-bond acceptors (Lipinski definition) is 5. The van der Waals surface area contributed by atoms with Crippen LogP contribution in [-0.4, -0.2) is 32.6 Å². The summed E-state index contributed by atoms with van der Waals surface area (Å²) in [6.07, 6.45) is 5.61. The first-order chi connectivity index (χ1) is 13.2. The Morgan fingerprint density at radius 1 is 1.22 bits per heavy atom. The zero-order chi connectivity index (χ0) is 18.6. The quantitative estimate of drug-likeness (QED) is 0.512. The number of aromatic nitrogens is 3. The molecule has 1 aromatic carbocycles. The van der Waals surface area contributed by atoms with Crippen molar-refractivity contribution < 1.29 is 9.21 Å². The van der Waals surface area contributed by atoms with Gasteiger partial charge in [-0.25, -0.2) is 9.67 Å². The molecule has 0 saturated carbocycles. The van der Waals surface area contributed by atoms with Crippen LogP contribution in [-0.2, 0) is 17.8 Å². The van der Waals surface area contributed by atoms with Crippen molar-refractivity contribution in [1.82, 2.24) is 19.7 Å². The molecule has 0 aliphatic carbocycles. The van der Waals surface area contributed by atoms with Crippen LogP contribution >= 0.6 is 11.3 Å². The Kier molecular flexibility index (Phi) is 4.84. The molecular formula is C20H18N4O2S. The van der Waals surface area contributed by atoms with Gasteiger partial charge in [0.1, 0.15) is 0 Å². The van der Waals surface area contributed by atoms with Gasteiger partial charge in [-0.05, 0) is 24.3 Å². The van der Waals surface area contributed by atoms with Crippen LogP contribution in [0.5, 0.6) is 0 Å². The number of furan rings is 1. The molecule has 0 spiro atoms. The van der Waals surface area contributed by atoms with Gasteiger partial charge >= 0.3 is 0 Å². The van der Waals surface area contributed by atoms with Crippen molar-refractivity contribution >= 4 is 17.2 Å². The Hall–Kier alpha value is -3.19. The Morgan fingerprint density at radius 2 is 2.07 bits per heavy atom. The third-order valence-corrected chi connectivity index (χ3v) is 5.02. The number of benzene rings is 1. The summed E-state index contributed by atoms with van der Waals surface area (Å²) in [7, 11) is 1.79. The van der Waals surface area contributed by atoms with E-state index in [0.717, 1.165) is 27.7 Å². The van der Waals surface area contributed by atoms with Crippen LogP contribution in [0.2, 0.25) is 0 Å². The van der Waals surface area contributed by atoms with Gasteiger partial charge in [-0.1, -0.05) is 18.2 Å². The molecule has 0 unspecified atom stereocenters. The SMILES string of the molecule is CN(Cc1cnn(-c2ccccc2)c1)C(=O)Cc1csc(-c2ccco2)n1. The number of likely N-dealkylation sites (N-methyl/N-ethyl adjacent to an activating group) is 1. The molecule has 0 fully saturated rings. The molecular weight excluding hydrogens is 360 g/mol. The molecule has 4 rings (SSSR count). The van der Waals surface area contributed by atoms with Gasteiger partial charge in [0.25, 0.3) is 0 Å². The van der Waals surface area contributed by atoms with Crippen molar-refractivity contribution in [3.63, 3.8) is 0 Å². The third kappa shape index (κ3) is 3.98.